The standard InChI is InChI=1S/C6H14NO3P.2ClH/c8-11(9,10)7-6-4-2-1-3-5-6;;/h6H,1-5H2,(H3,7,8,9,10);2*1H. The van der Waals surface area contributed by atoms with E-state index >= 15 is 0 Å². The van der Waals surface area contributed by atoms with Crippen LogP contribution in [0.15, 0.2) is 0 Å². The molecule has 1 aliphatic carbocycles. The predicted molar refractivity (Wildman–Crippen MR) is 56.5 cm³/mol. The van der Waals surface area contributed by atoms with Gasteiger partial charge in [-0.2, -0.15) is 0 Å². The van der Waals surface area contributed by atoms with Crippen molar-refractivity contribution in [3.8, 4) is 0 Å². The van der Waals surface area contributed by atoms with E-state index in [4.69, 9.17) is 9.79 Å². The Balaban J connectivity index is 0. The van der Waals surface area contributed by atoms with Crippen LogP contribution in [0, 0.1) is 0 Å². The Morgan fingerprint density at radius 1 is 1.08 bits per heavy atom. The molecule has 0 heterocycles. The van der Waals surface area contributed by atoms with E-state index in [1.807, 2.05) is 0 Å². The zero-order valence-corrected chi connectivity index (χ0v) is 9.71. The zero-order valence-electron chi connectivity index (χ0n) is 7.18. The second kappa shape index (κ2) is 7.04. The van der Waals surface area contributed by atoms with Gasteiger partial charge in [-0.3, -0.25) is 0 Å². The lowest BCUT2D eigenvalue weighted by molar-refractivity contribution is 0.325. The molecular formula is C6H16Cl2NO3P. The molecular weight excluding hydrogens is 236 g/mol. The molecule has 0 saturated heterocycles. The summed E-state index contributed by atoms with van der Waals surface area (Å²) in [5, 5.41) is 2.32. The van der Waals surface area contributed by atoms with Gasteiger partial charge in [-0.1, -0.05) is 19.3 Å². The first-order valence-corrected chi connectivity index (χ1v) is 5.52. The van der Waals surface area contributed by atoms with E-state index in [1.165, 1.54) is 6.42 Å². The number of nitrogens with one attached hydrogen (secondary N) is 1. The molecule has 7 heteroatoms. The Bertz CT molecular complexity index is 169. The molecule has 0 bridgehead atoms. The van der Waals surface area contributed by atoms with Crippen molar-refractivity contribution in [1.29, 1.82) is 0 Å². The SMILES string of the molecule is Cl.Cl.O=P(O)(O)NC1CCCCC1. The third-order valence-electron chi connectivity index (χ3n) is 1.96. The quantitative estimate of drug-likeness (QED) is 0.656. The minimum Gasteiger partial charge on any atom is -0.313 e. The van der Waals surface area contributed by atoms with Crippen molar-refractivity contribution in [2.24, 2.45) is 0 Å². The van der Waals surface area contributed by atoms with Crippen LogP contribution in [0.2, 0.25) is 0 Å². The van der Waals surface area contributed by atoms with Crippen molar-refractivity contribution in [3.63, 3.8) is 0 Å². The fourth-order valence-electron chi connectivity index (χ4n) is 1.47. The molecule has 1 saturated carbocycles. The summed E-state index contributed by atoms with van der Waals surface area (Å²) >= 11 is 0. The van der Waals surface area contributed by atoms with Crippen LogP contribution in [-0.4, -0.2) is 15.8 Å². The molecule has 1 rings (SSSR count). The molecule has 4 nitrogen and oxygen atoms in total. The first kappa shape index (κ1) is 16.1. The van der Waals surface area contributed by atoms with Gasteiger partial charge in [-0.25, -0.2) is 9.65 Å². The Morgan fingerprint density at radius 2 is 1.54 bits per heavy atom. The number of rotatable bonds is 2. The lowest BCUT2D eigenvalue weighted by Gasteiger charge is -2.22. The summed E-state index contributed by atoms with van der Waals surface area (Å²) in [6, 6.07) is 0.0320. The van der Waals surface area contributed by atoms with Crippen LogP contribution in [0.25, 0.3) is 0 Å². The fraction of sp³-hybridized carbons (Fsp3) is 1.00. The average Bonchev–Trinajstić information content (AvgIpc) is 1.85. The molecule has 0 aromatic carbocycles. The van der Waals surface area contributed by atoms with Crippen LogP contribution in [0.4, 0.5) is 0 Å². The maximum Gasteiger partial charge on any atom is 0.400 e. The highest BCUT2D eigenvalue weighted by Crippen LogP contribution is 2.32. The van der Waals surface area contributed by atoms with E-state index in [0.29, 0.717) is 0 Å². The van der Waals surface area contributed by atoms with E-state index in [2.05, 4.69) is 5.09 Å². The van der Waals surface area contributed by atoms with E-state index in [-0.39, 0.29) is 30.9 Å². The molecule has 13 heavy (non-hydrogen) atoms. The lowest BCUT2D eigenvalue weighted by atomic mass is 9.96. The highest BCUT2D eigenvalue weighted by atomic mass is 35.5. The fourth-order valence-corrected chi connectivity index (χ4v) is 2.20. The Hall–Kier alpha value is 0.690. The maximum atomic E-state index is 10.5. The van der Waals surface area contributed by atoms with Crippen LogP contribution in [-0.2, 0) is 4.57 Å². The van der Waals surface area contributed by atoms with Crippen molar-refractivity contribution >= 4 is 32.6 Å². The second-order valence-electron chi connectivity index (χ2n) is 3.01. The monoisotopic (exact) mass is 251 g/mol. The highest BCUT2D eigenvalue weighted by molar-refractivity contribution is 7.49. The van der Waals surface area contributed by atoms with Gasteiger partial charge in [0.05, 0.1) is 0 Å². The summed E-state index contributed by atoms with van der Waals surface area (Å²) in [7, 11) is -3.98. The first-order chi connectivity index (χ1) is 5.08. The van der Waals surface area contributed by atoms with Crippen LogP contribution < -0.4 is 5.09 Å². The predicted octanol–water partition coefficient (Wildman–Crippen LogP) is 1.84. The molecule has 0 radical (unpaired) electrons. The first-order valence-electron chi connectivity index (χ1n) is 3.91. The van der Waals surface area contributed by atoms with E-state index in [0.717, 1.165) is 25.7 Å². The molecule has 0 aromatic rings. The van der Waals surface area contributed by atoms with Crippen LogP contribution in [0.3, 0.4) is 0 Å². The highest BCUT2D eigenvalue weighted by Gasteiger charge is 2.21. The van der Waals surface area contributed by atoms with Crippen LogP contribution in [0.5, 0.6) is 0 Å². The van der Waals surface area contributed by atoms with Crippen molar-refractivity contribution < 1.29 is 14.4 Å². The van der Waals surface area contributed by atoms with Gasteiger partial charge < -0.3 is 9.79 Å². The van der Waals surface area contributed by atoms with E-state index in [9.17, 15) is 4.57 Å². The number of hydrogen-bond donors (Lipinski definition) is 3. The van der Waals surface area contributed by atoms with Gasteiger partial charge in [0.15, 0.2) is 0 Å². The van der Waals surface area contributed by atoms with E-state index in [1.54, 1.807) is 0 Å². The molecule has 0 spiro atoms. The minimum atomic E-state index is -3.98. The smallest absolute Gasteiger partial charge is 0.313 e. The Labute approximate surface area is 90.5 Å². The summed E-state index contributed by atoms with van der Waals surface area (Å²) in [5.41, 5.74) is 0. The molecule has 1 aliphatic rings. The normalized spacial score (nSPS) is 18.6. The van der Waals surface area contributed by atoms with Gasteiger partial charge >= 0.3 is 7.75 Å². The Kier molecular flexibility index (Phi) is 8.74. The van der Waals surface area contributed by atoms with E-state index < -0.39 is 7.75 Å². The Morgan fingerprint density at radius 3 is 1.92 bits per heavy atom. The van der Waals surface area contributed by atoms with Gasteiger partial charge in [0, 0.05) is 6.04 Å². The maximum absolute atomic E-state index is 10.5. The van der Waals surface area contributed by atoms with Gasteiger partial charge in [0.25, 0.3) is 0 Å². The molecule has 0 unspecified atom stereocenters. The van der Waals surface area contributed by atoms with Crippen molar-refractivity contribution in [2.45, 2.75) is 38.1 Å². The minimum absolute atomic E-state index is 0. The largest absolute Gasteiger partial charge is 0.400 e. The summed E-state index contributed by atoms with van der Waals surface area (Å²) in [6.45, 7) is 0. The van der Waals surface area contributed by atoms with Gasteiger partial charge in [-0.05, 0) is 12.8 Å². The topological polar surface area (TPSA) is 69.6 Å². The molecule has 0 aliphatic heterocycles. The molecule has 82 valence electrons. The zero-order chi connectivity index (χ0) is 8.32. The van der Waals surface area contributed by atoms with Crippen molar-refractivity contribution in [2.75, 3.05) is 0 Å². The molecule has 3 N–H and O–H groups in total. The molecule has 0 aromatic heterocycles. The van der Waals surface area contributed by atoms with Gasteiger partial charge in [0.2, 0.25) is 0 Å². The third-order valence-corrected chi connectivity index (χ3v) is 2.66. The summed E-state index contributed by atoms with van der Waals surface area (Å²) in [5.74, 6) is 0. The molecule has 1 fully saturated rings. The summed E-state index contributed by atoms with van der Waals surface area (Å²) in [6.07, 6.45) is 5.14. The van der Waals surface area contributed by atoms with Crippen molar-refractivity contribution in [1.82, 2.24) is 5.09 Å². The average molecular weight is 252 g/mol. The third kappa shape index (κ3) is 7.74. The summed E-state index contributed by atoms with van der Waals surface area (Å²) < 4.78 is 10.5. The summed E-state index contributed by atoms with van der Waals surface area (Å²) in [4.78, 5) is 17.1. The van der Waals surface area contributed by atoms with Gasteiger partial charge in [-0.15, -0.1) is 24.8 Å². The number of hydrogen-bond acceptors (Lipinski definition) is 1. The second-order valence-corrected chi connectivity index (χ2v) is 4.35. The molecule has 0 amide bonds. The van der Waals surface area contributed by atoms with Crippen molar-refractivity contribution in [3.05, 3.63) is 0 Å². The lowest BCUT2D eigenvalue weighted by Crippen LogP contribution is -2.28. The van der Waals surface area contributed by atoms with Crippen LogP contribution in [0.1, 0.15) is 32.1 Å². The van der Waals surface area contributed by atoms with Gasteiger partial charge in [0.1, 0.15) is 0 Å². The van der Waals surface area contributed by atoms with Crippen LogP contribution >= 0.6 is 32.6 Å². The number of halogens is 2. The molecule has 0 atom stereocenters.